The van der Waals surface area contributed by atoms with Crippen molar-refractivity contribution in [3.8, 4) is 0 Å². The molecule has 26 heavy (non-hydrogen) atoms. The molecule has 3 heterocycles. The summed E-state index contributed by atoms with van der Waals surface area (Å²) in [5, 5.41) is 0. The number of piperidine rings is 1. The third kappa shape index (κ3) is 3.70. The zero-order valence-electron chi connectivity index (χ0n) is 15.0. The summed E-state index contributed by atoms with van der Waals surface area (Å²) in [5.41, 5.74) is 0.623. The van der Waals surface area contributed by atoms with Crippen molar-refractivity contribution in [1.82, 2.24) is 9.80 Å². The van der Waals surface area contributed by atoms with Crippen LogP contribution in [0.5, 0.6) is 0 Å². The topological polar surface area (TPSA) is 45.3 Å². The van der Waals surface area contributed by atoms with Gasteiger partial charge in [0.25, 0.3) is 0 Å². The Morgan fingerprint density at radius 2 is 1.65 bits per heavy atom. The van der Waals surface area contributed by atoms with Gasteiger partial charge in [-0.25, -0.2) is 4.39 Å². The molecule has 0 unspecified atom stereocenters. The van der Waals surface area contributed by atoms with E-state index in [9.17, 15) is 9.18 Å². The smallest absolute Gasteiger partial charge is 0.236 e. The first-order valence-electron chi connectivity index (χ1n) is 9.43. The van der Waals surface area contributed by atoms with Gasteiger partial charge >= 0.3 is 0 Å². The van der Waals surface area contributed by atoms with E-state index in [2.05, 4.69) is 4.90 Å². The van der Waals surface area contributed by atoms with Crippen molar-refractivity contribution >= 4 is 11.6 Å². The summed E-state index contributed by atoms with van der Waals surface area (Å²) in [6.45, 7) is 6.03. The van der Waals surface area contributed by atoms with E-state index in [1.165, 1.54) is 6.07 Å². The second kappa shape index (κ2) is 7.50. The molecule has 0 atom stereocenters. The van der Waals surface area contributed by atoms with E-state index in [4.69, 9.17) is 9.47 Å². The molecular weight excluding hydrogens is 337 g/mol. The Labute approximate surface area is 153 Å². The van der Waals surface area contributed by atoms with E-state index in [1.54, 1.807) is 12.1 Å². The number of carbonyl (C=O) groups excluding carboxylic acids is 1. The lowest BCUT2D eigenvalue weighted by molar-refractivity contribution is -0.186. The van der Waals surface area contributed by atoms with Crippen molar-refractivity contribution in [3.63, 3.8) is 0 Å². The Morgan fingerprint density at radius 1 is 1.00 bits per heavy atom. The molecule has 0 bridgehead atoms. The van der Waals surface area contributed by atoms with Gasteiger partial charge in [-0.05, 0) is 12.1 Å². The predicted molar refractivity (Wildman–Crippen MR) is 95.5 cm³/mol. The second-order valence-electron chi connectivity index (χ2n) is 7.20. The molecule has 0 aromatic heterocycles. The first-order chi connectivity index (χ1) is 12.7. The Morgan fingerprint density at radius 3 is 2.31 bits per heavy atom. The van der Waals surface area contributed by atoms with E-state index in [0.29, 0.717) is 51.6 Å². The van der Waals surface area contributed by atoms with E-state index < -0.39 is 5.79 Å². The lowest BCUT2D eigenvalue weighted by Crippen LogP contribution is -2.53. The van der Waals surface area contributed by atoms with Crippen LogP contribution in [0.4, 0.5) is 10.1 Å². The van der Waals surface area contributed by atoms with Crippen LogP contribution >= 0.6 is 0 Å². The largest absolute Gasteiger partial charge is 0.366 e. The molecule has 4 rings (SSSR count). The predicted octanol–water partition coefficient (Wildman–Crippen LogP) is 1.31. The number of hydrogen-bond acceptors (Lipinski definition) is 5. The van der Waals surface area contributed by atoms with Crippen molar-refractivity contribution in [2.24, 2.45) is 0 Å². The zero-order chi connectivity index (χ0) is 18.0. The molecule has 1 aromatic rings. The van der Waals surface area contributed by atoms with Crippen molar-refractivity contribution in [3.05, 3.63) is 30.1 Å². The van der Waals surface area contributed by atoms with E-state index in [0.717, 1.165) is 25.9 Å². The Hall–Kier alpha value is -1.70. The molecule has 6 nitrogen and oxygen atoms in total. The number of halogens is 1. The highest BCUT2D eigenvalue weighted by molar-refractivity contribution is 5.78. The molecular formula is C19H26FN3O3. The highest BCUT2D eigenvalue weighted by atomic mass is 19.1. The van der Waals surface area contributed by atoms with E-state index in [1.807, 2.05) is 15.9 Å². The standard InChI is InChI=1S/C19H26FN3O3/c20-16-3-1-2-4-17(16)22-9-11-23(12-10-22)18(24)15-21-7-5-19(6-8-21)25-13-14-26-19/h1-4H,5-15H2. The summed E-state index contributed by atoms with van der Waals surface area (Å²) in [5.74, 6) is -0.446. The van der Waals surface area contributed by atoms with Gasteiger partial charge in [0.2, 0.25) is 5.91 Å². The Kier molecular flexibility index (Phi) is 5.11. The SMILES string of the molecule is O=C(CN1CCC2(CC1)OCCO2)N1CCN(c2ccccc2F)CC1. The molecule has 3 aliphatic rings. The highest BCUT2D eigenvalue weighted by Gasteiger charge is 2.40. The summed E-state index contributed by atoms with van der Waals surface area (Å²) in [7, 11) is 0. The summed E-state index contributed by atoms with van der Waals surface area (Å²) in [6.07, 6.45) is 1.64. The molecule has 0 radical (unpaired) electrons. The minimum atomic E-state index is -0.398. The number of rotatable bonds is 3. The Balaban J connectivity index is 1.25. The molecule has 1 spiro atoms. The molecule has 1 amide bonds. The van der Waals surface area contributed by atoms with Crippen LogP contribution in [0, 0.1) is 5.82 Å². The maximum atomic E-state index is 13.9. The number of ether oxygens (including phenoxy) is 2. The number of piperazine rings is 1. The summed E-state index contributed by atoms with van der Waals surface area (Å²) in [4.78, 5) is 18.7. The van der Waals surface area contributed by atoms with E-state index in [-0.39, 0.29) is 11.7 Å². The van der Waals surface area contributed by atoms with Crippen molar-refractivity contribution < 1.29 is 18.7 Å². The number of benzene rings is 1. The third-order valence-corrected chi connectivity index (χ3v) is 5.62. The minimum Gasteiger partial charge on any atom is -0.366 e. The molecule has 3 fully saturated rings. The van der Waals surface area contributed by atoms with Crippen LogP contribution < -0.4 is 4.90 Å². The monoisotopic (exact) mass is 363 g/mol. The Bertz CT molecular complexity index is 633. The van der Waals surface area contributed by atoms with Gasteiger partial charge in [0.05, 0.1) is 25.4 Å². The van der Waals surface area contributed by atoms with Crippen LogP contribution in [0.3, 0.4) is 0 Å². The number of amides is 1. The number of hydrogen-bond donors (Lipinski definition) is 0. The number of para-hydroxylation sites is 1. The fourth-order valence-electron chi connectivity index (χ4n) is 4.03. The van der Waals surface area contributed by atoms with Crippen molar-refractivity contribution in [2.45, 2.75) is 18.6 Å². The molecule has 7 heteroatoms. The first-order valence-corrected chi connectivity index (χ1v) is 9.43. The van der Waals surface area contributed by atoms with Gasteiger partial charge in [0.15, 0.2) is 5.79 Å². The number of likely N-dealkylation sites (tertiary alicyclic amines) is 1. The zero-order valence-corrected chi connectivity index (χ0v) is 15.0. The average Bonchev–Trinajstić information content (AvgIpc) is 3.12. The molecule has 0 N–H and O–H groups in total. The average molecular weight is 363 g/mol. The molecule has 1 aromatic carbocycles. The summed E-state index contributed by atoms with van der Waals surface area (Å²) in [6, 6.07) is 6.82. The molecule has 0 saturated carbocycles. The van der Waals surface area contributed by atoms with Crippen LogP contribution in [0.1, 0.15) is 12.8 Å². The number of nitrogens with zero attached hydrogens (tertiary/aromatic N) is 3. The molecule has 3 aliphatic heterocycles. The lowest BCUT2D eigenvalue weighted by atomic mass is 10.0. The molecule has 142 valence electrons. The summed E-state index contributed by atoms with van der Waals surface area (Å²) >= 11 is 0. The number of carbonyl (C=O) groups is 1. The summed E-state index contributed by atoms with van der Waals surface area (Å²) < 4.78 is 25.4. The molecule has 3 saturated heterocycles. The fraction of sp³-hybridized carbons (Fsp3) is 0.632. The normalized spacial score (nSPS) is 23.6. The van der Waals surface area contributed by atoms with Gasteiger partial charge in [0, 0.05) is 52.1 Å². The van der Waals surface area contributed by atoms with Gasteiger partial charge in [-0.2, -0.15) is 0 Å². The van der Waals surface area contributed by atoms with Crippen LogP contribution in [0.15, 0.2) is 24.3 Å². The quantitative estimate of drug-likeness (QED) is 0.810. The maximum Gasteiger partial charge on any atom is 0.236 e. The van der Waals surface area contributed by atoms with Crippen LogP contribution in [-0.4, -0.2) is 80.5 Å². The fourth-order valence-corrected chi connectivity index (χ4v) is 4.03. The lowest BCUT2D eigenvalue weighted by Gasteiger charge is -2.39. The first kappa shape index (κ1) is 17.7. The van der Waals surface area contributed by atoms with Gasteiger partial charge in [-0.15, -0.1) is 0 Å². The number of anilines is 1. The molecule has 0 aliphatic carbocycles. The minimum absolute atomic E-state index is 0.155. The van der Waals surface area contributed by atoms with Crippen LogP contribution in [0.2, 0.25) is 0 Å². The second-order valence-corrected chi connectivity index (χ2v) is 7.20. The maximum absolute atomic E-state index is 13.9. The highest BCUT2D eigenvalue weighted by Crippen LogP contribution is 2.31. The van der Waals surface area contributed by atoms with Gasteiger partial charge in [-0.1, -0.05) is 12.1 Å². The van der Waals surface area contributed by atoms with Crippen molar-refractivity contribution in [2.75, 3.05) is 63.9 Å². The van der Waals surface area contributed by atoms with Gasteiger partial charge in [-0.3, -0.25) is 9.69 Å². The van der Waals surface area contributed by atoms with E-state index >= 15 is 0 Å². The van der Waals surface area contributed by atoms with Crippen molar-refractivity contribution in [1.29, 1.82) is 0 Å². The third-order valence-electron chi connectivity index (χ3n) is 5.62. The van der Waals surface area contributed by atoms with Crippen LogP contribution in [0.25, 0.3) is 0 Å². The van der Waals surface area contributed by atoms with Gasteiger partial charge in [0.1, 0.15) is 5.82 Å². The van der Waals surface area contributed by atoms with Gasteiger partial charge < -0.3 is 19.3 Å². The van der Waals surface area contributed by atoms with Crippen LogP contribution in [-0.2, 0) is 14.3 Å².